The zero-order valence-electron chi connectivity index (χ0n) is 9.44. The molecular weight excluding hydrogens is 184 g/mol. The minimum Gasteiger partial charge on any atom is -0.493 e. The monoisotopic (exact) mass is 202 g/mol. The zero-order chi connectivity index (χ0) is 10.7. The van der Waals surface area contributed by atoms with Crippen LogP contribution in [0.3, 0.4) is 0 Å². The van der Waals surface area contributed by atoms with E-state index < -0.39 is 0 Å². The van der Waals surface area contributed by atoms with Gasteiger partial charge in [0.05, 0.1) is 6.26 Å². The summed E-state index contributed by atoms with van der Waals surface area (Å²) in [6.45, 7) is 4.50. The summed E-state index contributed by atoms with van der Waals surface area (Å²) in [5.41, 5.74) is 2.70. The summed E-state index contributed by atoms with van der Waals surface area (Å²) < 4.78 is 5.48. The summed E-state index contributed by atoms with van der Waals surface area (Å²) >= 11 is 0. The molecule has 0 N–H and O–H groups in total. The summed E-state index contributed by atoms with van der Waals surface area (Å²) in [4.78, 5) is 0. The third-order valence-electron chi connectivity index (χ3n) is 2.68. The standard InChI is InChI=1S/C14H18O/c1-11(2)10-12-5-7-13(8-6-12)14-4-3-9-15-14/h3,5-9,11,14H,4,10H2,1-2H3. The first-order valence-corrected chi connectivity index (χ1v) is 5.65. The molecule has 1 unspecified atom stereocenters. The normalized spacial score (nSPS) is 19.5. The van der Waals surface area contributed by atoms with Crippen LogP contribution in [-0.2, 0) is 11.2 Å². The Hall–Kier alpha value is -1.24. The fourth-order valence-electron chi connectivity index (χ4n) is 1.94. The van der Waals surface area contributed by atoms with Crippen LogP contribution in [0.2, 0.25) is 0 Å². The summed E-state index contributed by atoms with van der Waals surface area (Å²) in [6.07, 6.45) is 6.28. The number of hydrogen-bond acceptors (Lipinski definition) is 1. The van der Waals surface area contributed by atoms with Gasteiger partial charge in [-0.2, -0.15) is 0 Å². The van der Waals surface area contributed by atoms with Crippen molar-refractivity contribution in [1.82, 2.24) is 0 Å². The molecule has 15 heavy (non-hydrogen) atoms. The van der Waals surface area contributed by atoms with E-state index in [0.717, 1.165) is 18.8 Å². The van der Waals surface area contributed by atoms with Crippen molar-refractivity contribution < 1.29 is 4.74 Å². The summed E-state index contributed by atoms with van der Waals surface area (Å²) in [6, 6.07) is 8.82. The average Bonchev–Trinajstić information content (AvgIpc) is 2.71. The number of rotatable bonds is 3. The van der Waals surface area contributed by atoms with Crippen molar-refractivity contribution in [2.75, 3.05) is 0 Å². The van der Waals surface area contributed by atoms with Crippen molar-refractivity contribution in [3.8, 4) is 0 Å². The number of benzene rings is 1. The number of ether oxygens (including phenoxy) is 1. The molecule has 80 valence electrons. The van der Waals surface area contributed by atoms with Gasteiger partial charge in [-0.15, -0.1) is 0 Å². The minimum absolute atomic E-state index is 0.248. The molecule has 1 heterocycles. The van der Waals surface area contributed by atoms with Gasteiger partial charge in [0.15, 0.2) is 0 Å². The molecule has 0 radical (unpaired) electrons. The van der Waals surface area contributed by atoms with Gasteiger partial charge in [-0.1, -0.05) is 38.1 Å². The van der Waals surface area contributed by atoms with Crippen LogP contribution in [0.5, 0.6) is 0 Å². The predicted octanol–water partition coefficient (Wildman–Crippen LogP) is 3.86. The molecule has 1 aromatic rings. The van der Waals surface area contributed by atoms with E-state index in [4.69, 9.17) is 4.74 Å². The average molecular weight is 202 g/mol. The first kappa shape index (κ1) is 10.3. The SMILES string of the molecule is CC(C)Cc1ccc(C2CC=CO2)cc1. The minimum atomic E-state index is 0.248. The topological polar surface area (TPSA) is 9.23 Å². The van der Waals surface area contributed by atoms with Crippen molar-refractivity contribution in [3.05, 3.63) is 47.7 Å². The molecule has 0 saturated carbocycles. The molecule has 1 aliphatic heterocycles. The number of hydrogen-bond donors (Lipinski definition) is 0. The van der Waals surface area contributed by atoms with Crippen molar-refractivity contribution in [1.29, 1.82) is 0 Å². The summed E-state index contributed by atoms with van der Waals surface area (Å²) in [5.74, 6) is 0.722. The van der Waals surface area contributed by atoms with Gasteiger partial charge in [0.25, 0.3) is 0 Å². The maximum atomic E-state index is 5.48. The van der Waals surface area contributed by atoms with Crippen LogP contribution >= 0.6 is 0 Å². The summed E-state index contributed by atoms with van der Waals surface area (Å²) in [5, 5.41) is 0. The second-order valence-electron chi connectivity index (χ2n) is 4.57. The van der Waals surface area contributed by atoms with E-state index in [2.05, 4.69) is 44.2 Å². The van der Waals surface area contributed by atoms with E-state index in [9.17, 15) is 0 Å². The Balaban J connectivity index is 2.03. The van der Waals surface area contributed by atoms with Crippen molar-refractivity contribution >= 4 is 0 Å². The zero-order valence-corrected chi connectivity index (χ0v) is 9.44. The van der Waals surface area contributed by atoms with Gasteiger partial charge in [-0.3, -0.25) is 0 Å². The Bertz CT molecular complexity index is 327. The van der Waals surface area contributed by atoms with E-state index in [1.165, 1.54) is 11.1 Å². The molecule has 1 nitrogen and oxygen atoms in total. The van der Waals surface area contributed by atoms with E-state index in [0.29, 0.717) is 0 Å². The highest BCUT2D eigenvalue weighted by Crippen LogP contribution is 2.26. The Labute approximate surface area is 91.8 Å². The van der Waals surface area contributed by atoms with Gasteiger partial charge in [0.2, 0.25) is 0 Å². The van der Waals surface area contributed by atoms with E-state index >= 15 is 0 Å². The molecule has 0 bridgehead atoms. The van der Waals surface area contributed by atoms with Crippen LogP contribution in [0.25, 0.3) is 0 Å². The summed E-state index contributed by atoms with van der Waals surface area (Å²) in [7, 11) is 0. The molecule has 1 atom stereocenters. The fourth-order valence-corrected chi connectivity index (χ4v) is 1.94. The highest BCUT2D eigenvalue weighted by Gasteiger charge is 2.13. The molecule has 1 aliphatic rings. The Morgan fingerprint density at radius 1 is 1.27 bits per heavy atom. The van der Waals surface area contributed by atoms with E-state index in [1.54, 1.807) is 6.26 Å². The highest BCUT2D eigenvalue weighted by molar-refractivity contribution is 5.25. The lowest BCUT2D eigenvalue weighted by Gasteiger charge is -2.11. The van der Waals surface area contributed by atoms with Gasteiger partial charge >= 0.3 is 0 Å². The van der Waals surface area contributed by atoms with Crippen LogP contribution in [-0.4, -0.2) is 0 Å². The van der Waals surface area contributed by atoms with Gasteiger partial charge in [-0.05, 0) is 29.5 Å². The van der Waals surface area contributed by atoms with Gasteiger partial charge in [-0.25, -0.2) is 0 Å². The van der Waals surface area contributed by atoms with E-state index in [-0.39, 0.29) is 6.10 Å². The highest BCUT2D eigenvalue weighted by atomic mass is 16.5. The van der Waals surface area contributed by atoms with Crippen molar-refractivity contribution in [2.24, 2.45) is 5.92 Å². The third kappa shape index (κ3) is 2.62. The van der Waals surface area contributed by atoms with Crippen molar-refractivity contribution in [3.63, 3.8) is 0 Å². The quantitative estimate of drug-likeness (QED) is 0.723. The predicted molar refractivity (Wildman–Crippen MR) is 62.6 cm³/mol. The molecular formula is C14H18O. The lowest BCUT2D eigenvalue weighted by atomic mass is 10.00. The fraction of sp³-hybridized carbons (Fsp3) is 0.429. The first-order valence-electron chi connectivity index (χ1n) is 5.65. The Morgan fingerprint density at radius 2 is 2.00 bits per heavy atom. The molecule has 0 amide bonds. The van der Waals surface area contributed by atoms with Crippen LogP contribution in [0.4, 0.5) is 0 Å². The third-order valence-corrected chi connectivity index (χ3v) is 2.68. The maximum absolute atomic E-state index is 5.48. The van der Waals surface area contributed by atoms with Crippen LogP contribution in [0.15, 0.2) is 36.6 Å². The first-order chi connectivity index (χ1) is 7.25. The van der Waals surface area contributed by atoms with Crippen LogP contribution in [0, 0.1) is 5.92 Å². The molecule has 0 spiro atoms. The second-order valence-corrected chi connectivity index (χ2v) is 4.57. The molecule has 0 saturated heterocycles. The van der Waals surface area contributed by atoms with Gasteiger partial charge < -0.3 is 4.74 Å². The lowest BCUT2D eigenvalue weighted by molar-refractivity contribution is 0.173. The van der Waals surface area contributed by atoms with E-state index in [1.807, 2.05) is 0 Å². The molecule has 1 heteroatoms. The van der Waals surface area contributed by atoms with Crippen molar-refractivity contribution in [2.45, 2.75) is 32.8 Å². The molecule has 0 fully saturated rings. The molecule has 2 rings (SSSR count). The smallest absolute Gasteiger partial charge is 0.126 e. The van der Waals surface area contributed by atoms with Crippen LogP contribution in [0.1, 0.15) is 37.5 Å². The molecule has 0 aliphatic carbocycles. The van der Waals surface area contributed by atoms with Gasteiger partial charge in [0, 0.05) is 6.42 Å². The van der Waals surface area contributed by atoms with Crippen LogP contribution < -0.4 is 0 Å². The largest absolute Gasteiger partial charge is 0.493 e. The second kappa shape index (κ2) is 4.52. The Morgan fingerprint density at radius 3 is 2.53 bits per heavy atom. The van der Waals surface area contributed by atoms with Gasteiger partial charge in [0.1, 0.15) is 6.10 Å². The maximum Gasteiger partial charge on any atom is 0.126 e. The Kier molecular flexibility index (Phi) is 3.10. The molecule has 0 aromatic heterocycles. The molecule has 1 aromatic carbocycles. The lowest BCUT2D eigenvalue weighted by Crippen LogP contribution is -1.97.